The number of anilines is 1. The molecule has 0 bridgehead atoms. The number of aromatic nitrogens is 2. The van der Waals surface area contributed by atoms with Crippen LogP contribution in [-0.2, 0) is 0 Å². The van der Waals surface area contributed by atoms with Gasteiger partial charge in [-0.25, -0.2) is 4.98 Å². The van der Waals surface area contributed by atoms with E-state index in [-0.39, 0.29) is 5.56 Å². The van der Waals surface area contributed by atoms with E-state index in [0.717, 1.165) is 0 Å². The Morgan fingerprint density at radius 3 is 2.80 bits per heavy atom. The highest BCUT2D eigenvalue weighted by molar-refractivity contribution is 6.30. The van der Waals surface area contributed by atoms with Crippen LogP contribution in [0.15, 0.2) is 30.7 Å². The summed E-state index contributed by atoms with van der Waals surface area (Å²) in [5.41, 5.74) is 6.88. The number of nitrogens with zero attached hydrogens (tertiary/aromatic N) is 2. The van der Waals surface area contributed by atoms with E-state index >= 15 is 0 Å². The Hall–Kier alpha value is -1.68. The lowest BCUT2D eigenvalue weighted by atomic mass is 10.1. The first kappa shape index (κ1) is 9.86. The van der Waals surface area contributed by atoms with E-state index in [2.05, 4.69) is 9.97 Å². The molecule has 5 heteroatoms. The minimum Gasteiger partial charge on any atom is -0.398 e. The van der Waals surface area contributed by atoms with Crippen molar-refractivity contribution in [1.29, 1.82) is 0 Å². The van der Waals surface area contributed by atoms with E-state index in [9.17, 15) is 4.39 Å². The summed E-state index contributed by atoms with van der Waals surface area (Å²) in [7, 11) is 0. The molecule has 15 heavy (non-hydrogen) atoms. The molecule has 0 atom stereocenters. The van der Waals surface area contributed by atoms with Crippen LogP contribution >= 0.6 is 11.6 Å². The van der Waals surface area contributed by atoms with Crippen molar-refractivity contribution in [3.8, 4) is 11.1 Å². The Morgan fingerprint density at radius 1 is 1.27 bits per heavy atom. The maximum absolute atomic E-state index is 13.4. The van der Waals surface area contributed by atoms with Gasteiger partial charge in [0, 0.05) is 35.4 Å². The number of rotatable bonds is 1. The van der Waals surface area contributed by atoms with Crippen molar-refractivity contribution in [1.82, 2.24) is 9.97 Å². The van der Waals surface area contributed by atoms with Gasteiger partial charge in [0.05, 0.1) is 5.02 Å². The van der Waals surface area contributed by atoms with Gasteiger partial charge >= 0.3 is 0 Å². The highest BCUT2D eigenvalue weighted by Crippen LogP contribution is 2.27. The number of nitrogen functional groups attached to an aromatic ring is 1. The summed E-state index contributed by atoms with van der Waals surface area (Å²) in [4.78, 5) is 7.39. The van der Waals surface area contributed by atoms with Crippen molar-refractivity contribution in [3.63, 3.8) is 0 Å². The van der Waals surface area contributed by atoms with Gasteiger partial charge in [-0.15, -0.1) is 0 Å². The first-order valence-electron chi connectivity index (χ1n) is 4.19. The predicted molar refractivity (Wildman–Crippen MR) is 56.8 cm³/mol. The molecule has 2 heterocycles. The summed E-state index contributed by atoms with van der Waals surface area (Å²) in [6.07, 6.45) is 4.26. The standard InChI is InChI=1S/C10H7ClFN3/c11-6-3-7(10(12)15-4-6)8-5-14-2-1-9(8)13/h1-5H,(H2,13,14). The average Bonchev–Trinajstić information content (AvgIpc) is 2.23. The van der Waals surface area contributed by atoms with Gasteiger partial charge in [0.1, 0.15) is 0 Å². The summed E-state index contributed by atoms with van der Waals surface area (Å²) in [5, 5.41) is 0.356. The van der Waals surface area contributed by atoms with E-state index in [1.165, 1.54) is 24.7 Å². The topological polar surface area (TPSA) is 51.8 Å². The number of hydrogen-bond acceptors (Lipinski definition) is 3. The molecule has 0 aliphatic heterocycles. The second-order valence-electron chi connectivity index (χ2n) is 2.95. The predicted octanol–water partition coefficient (Wildman–Crippen LogP) is 2.52. The molecule has 2 aromatic heterocycles. The minimum atomic E-state index is -0.612. The summed E-state index contributed by atoms with van der Waals surface area (Å²) in [6, 6.07) is 3.06. The van der Waals surface area contributed by atoms with E-state index in [4.69, 9.17) is 17.3 Å². The Morgan fingerprint density at radius 2 is 2.07 bits per heavy atom. The Balaban J connectivity index is 2.64. The van der Waals surface area contributed by atoms with Crippen LogP contribution in [0.3, 0.4) is 0 Å². The van der Waals surface area contributed by atoms with Crippen LogP contribution in [-0.4, -0.2) is 9.97 Å². The van der Waals surface area contributed by atoms with Gasteiger partial charge in [-0.1, -0.05) is 11.6 Å². The molecule has 2 rings (SSSR count). The Kier molecular flexibility index (Phi) is 2.51. The normalized spacial score (nSPS) is 10.3. The molecule has 0 unspecified atom stereocenters. The van der Waals surface area contributed by atoms with Crippen molar-refractivity contribution in [2.45, 2.75) is 0 Å². The van der Waals surface area contributed by atoms with Crippen LogP contribution in [0.25, 0.3) is 11.1 Å². The van der Waals surface area contributed by atoms with Crippen LogP contribution < -0.4 is 5.73 Å². The first-order chi connectivity index (χ1) is 7.18. The number of nitrogens with two attached hydrogens (primary N) is 1. The number of halogens is 2. The molecule has 2 aromatic rings. The molecule has 0 radical (unpaired) electrons. The van der Waals surface area contributed by atoms with Crippen molar-refractivity contribution >= 4 is 17.3 Å². The van der Waals surface area contributed by atoms with Crippen LogP contribution in [0.4, 0.5) is 10.1 Å². The molecule has 0 fully saturated rings. The summed E-state index contributed by atoms with van der Waals surface area (Å²) < 4.78 is 13.4. The van der Waals surface area contributed by atoms with Gasteiger partial charge in [0.25, 0.3) is 0 Å². The second-order valence-corrected chi connectivity index (χ2v) is 3.39. The largest absolute Gasteiger partial charge is 0.398 e. The van der Waals surface area contributed by atoms with Gasteiger partial charge in [0.2, 0.25) is 5.95 Å². The zero-order valence-corrected chi connectivity index (χ0v) is 8.37. The molecule has 0 saturated heterocycles. The smallest absolute Gasteiger partial charge is 0.220 e. The summed E-state index contributed by atoms with van der Waals surface area (Å²) in [6.45, 7) is 0. The lowest BCUT2D eigenvalue weighted by Gasteiger charge is -2.05. The third kappa shape index (κ3) is 1.89. The van der Waals surface area contributed by atoms with Crippen LogP contribution in [0.2, 0.25) is 5.02 Å². The monoisotopic (exact) mass is 223 g/mol. The van der Waals surface area contributed by atoms with Crippen molar-refractivity contribution in [3.05, 3.63) is 41.7 Å². The molecule has 0 aromatic carbocycles. The zero-order chi connectivity index (χ0) is 10.8. The molecular weight excluding hydrogens is 217 g/mol. The third-order valence-corrected chi connectivity index (χ3v) is 2.16. The highest BCUT2D eigenvalue weighted by Gasteiger charge is 2.09. The fraction of sp³-hybridized carbons (Fsp3) is 0. The molecule has 2 N–H and O–H groups in total. The molecule has 0 aliphatic carbocycles. The van der Waals surface area contributed by atoms with Gasteiger partial charge in [-0.3, -0.25) is 4.98 Å². The SMILES string of the molecule is Nc1ccncc1-c1cc(Cl)cnc1F. The quantitative estimate of drug-likeness (QED) is 0.756. The first-order valence-corrected chi connectivity index (χ1v) is 4.57. The molecule has 0 amide bonds. The van der Waals surface area contributed by atoms with Crippen molar-refractivity contribution in [2.24, 2.45) is 0 Å². The van der Waals surface area contributed by atoms with Gasteiger partial charge in [-0.2, -0.15) is 4.39 Å². The van der Waals surface area contributed by atoms with Crippen LogP contribution in [0, 0.1) is 5.95 Å². The molecule has 0 saturated carbocycles. The van der Waals surface area contributed by atoms with Crippen LogP contribution in [0.5, 0.6) is 0 Å². The lowest BCUT2D eigenvalue weighted by Crippen LogP contribution is -1.94. The number of pyridine rings is 2. The van der Waals surface area contributed by atoms with Crippen LogP contribution in [0.1, 0.15) is 0 Å². The molecule has 76 valence electrons. The Labute approximate surface area is 90.7 Å². The average molecular weight is 224 g/mol. The van der Waals surface area contributed by atoms with Gasteiger partial charge in [0.15, 0.2) is 0 Å². The number of hydrogen-bond donors (Lipinski definition) is 1. The van der Waals surface area contributed by atoms with E-state index in [1.54, 1.807) is 6.07 Å². The van der Waals surface area contributed by atoms with Crippen molar-refractivity contribution < 1.29 is 4.39 Å². The molecular formula is C10H7ClFN3. The van der Waals surface area contributed by atoms with Crippen molar-refractivity contribution in [2.75, 3.05) is 5.73 Å². The molecule has 0 aliphatic rings. The highest BCUT2D eigenvalue weighted by atomic mass is 35.5. The minimum absolute atomic E-state index is 0.258. The Bertz CT molecular complexity index is 502. The van der Waals surface area contributed by atoms with E-state index < -0.39 is 5.95 Å². The van der Waals surface area contributed by atoms with Gasteiger partial charge in [-0.05, 0) is 12.1 Å². The maximum atomic E-state index is 13.4. The van der Waals surface area contributed by atoms with E-state index in [0.29, 0.717) is 16.3 Å². The third-order valence-electron chi connectivity index (χ3n) is 1.95. The van der Waals surface area contributed by atoms with E-state index in [1.807, 2.05) is 0 Å². The fourth-order valence-corrected chi connectivity index (χ4v) is 1.40. The lowest BCUT2D eigenvalue weighted by molar-refractivity contribution is 0.587. The summed E-state index contributed by atoms with van der Waals surface area (Å²) >= 11 is 5.73. The molecule has 3 nitrogen and oxygen atoms in total. The zero-order valence-electron chi connectivity index (χ0n) is 7.61. The maximum Gasteiger partial charge on any atom is 0.220 e. The fourth-order valence-electron chi connectivity index (χ4n) is 1.24. The summed E-state index contributed by atoms with van der Waals surface area (Å²) in [5.74, 6) is -0.612. The molecule has 0 spiro atoms. The van der Waals surface area contributed by atoms with Gasteiger partial charge < -0.3 is 5.73 Å². The second kappa shape index (κ2) is 3.82.